The van der Waals surface area contributed by atoms with Crippen molar-refractivity contribution in [3.8, 4) is 0 Å². The molecule has 0 fully saturated rings. The second kappa shape index (κ2) is 8.97. The number of nitrogens with zero attached hydrogens (tertiary/aromatic N) is 2. The smallest absolute Gasteiger partial charge is 0.306 e. The number of ether oxygens (including phenoxy) is 1. The summed E-state index contributed by atoms with van der Waals surface area (Å²) >= 11 is 1.26. The van der Waals surface area contributed by atoms with Gasteiger partial charge in [0.25, 0.3) is 0 Å². The van der Waals surface area contributed by atoms with Gasteiger partial charge < -0.3 is 10.1 Å². The summed E-state index contributed by atoms with van der Waals surface area (Å²) < 4.78 is 17.6. The second-order valence-electron chi connectivity index (χ2n) is 5.12. The maximum absolute atomic E-state index is 12.8. The van der Waals surface area contributed by atoms with E-state index in [4.69, 9.17) is 4.74 Å². The van der Waals surface area contributed by atoms with Crippen LogP contribution in [0, 0.1) is 12.7 Å². The van der Waals surface area contributed by atoms with Crippen LogP contribution in [0.3, 0.4) is 0 Å². The molecule has 0 atom stereocenters. The number of anilines is 1. The van der Waals surface area contributed by atoms with E-state index in [9.17, 15) is 18.8 Å². The molecule has 0 aliphatic rings. The van der Waals surface area contributed by atoms with Crippen LogP contribution < -0.4 is 5.32 Å². The molecule has 2 aromatic rings. The predicted molar refractivity (Wildman–Crippen MR) is 88.8 cm³/mol. The quantitative estimate of drug-likeness (QED) is 0.570. The van der Waals surface area contributed by atoms with Gasteiger partial charge in [0, 0.05) is 18.4 Å². The van der Waals surface area contributed by atoms with Gasteiger partial charge in [-0.05, 0) is 37.6 Å². The van der Waals surface area contributed by atoms with E-state index in [0.717, 1.165) is 17.1 Å². The lowest BCUT2D eigenvalue weighted by molar-refractivity contribution is -0.142. The van der Waals surface area contributed by atoms with E-state index in [1.54, 1.807) is 6.92 Å². The van der Waals surface area contributed by atoms with Crippen molar-refractivity contribution >= 4 is 34.1 Å². The molecule has 2 rings (SSSR count). The molecule has 0 saturated carbocycles. The highest BCUT2D eigenvalue weighted by Crippen LogP contribution is 2.14. The molecular formula is C16H16FN3O4S. The van der Waals surface area contributed by atoms with Gasteiger partial charge in [-0.3, -0.25) is 14.4 Å². The molecule has 1 amide bonds. The summed E-state index contributed by atoms with van der Waals surface area (Å²) in [7, 11) is 0. The first kappa shape index (κ1) is 18.7. The molecule has 25 heavy (non-hydrogen) atoms. The van der Waals surface area contributed by atoms with Gasteiger partial charge >= 0.3 is 5.97 Å². The molecule has 9 heteroatoms. The molecule has 0 bridgehead atoms. The van der Waals surface area contributed by atoms with E-state index in [1.807, 2.05) is 0 Å². The zero-order valence-corrected chi connectivity index (χ0v) is 14.3. The van der Waals surface area contributed by atoms with Crippen molar-refractivity contribution in [3.05, 3.63) is 40.7 Å². The van der Waals surface area contributed by atoms with Crippen LogP contribution >= 0.6 is 11.3 Å². The Balaban J connectivity index is 1.64. The molecule has 0 aliphatic heterocycles. The Kier molecular flexibility index (Phi) is 6.70. The first-order valence-electron chi connectivity index (χ1n) is 7.48. The van der Waals surface area contributed by atoms with Crippen molar-refractivity contribution in [2.24, 2.45) is 0 Å². The average molecular weight is 365 g/mol. The Bertz CT molecular complexity index is 761. The number of rotatable bonds is 8. The maximum Gasteiger partial charge on any atom is 0.306 e. The highest BCUT2D eigenvalue weighted by Gasteiger charge is 2.12. The number of halogens is 1. The van der Waals surface area contributed by atoms with Crippen LogP contribution in [-0.4, -0.2) is 34.5 Å². The number of Topliss-reactive ketones (excluding diaryl/α,β-unsaturated/α-hetero) is 1. The van der Waals surface area contributed by atoms with Gasteiger partial charge in [-0.1, -0.05) is 11.3 Å². The summed E-state index contributed by atoms with van der Waals surface area (Å²) in [4.78, 5) is 35.0. The van der Waals surface area contributed by atoms with Gasteiger partial charge in [0.2, 0.25) is 11.0 Å². The topological polar surface area (TPSA) is 98.2 Å². The maximum atomic E-state index is 12.8. The number of nitrogens with one attached hydrogen (secondary N) is 1. The SMILES string of the molecule is Cc1nnc(NC(=O)CCCC(=O)OCC(=O)c2ccc(F)cc2)s1. The molecule has 1 aromatic heterocycles. The molecule has 0 saturated heterocycles. The minimum absolute atomic E-state index is 0.0132. The Hall–Kier alpha value is -2.68. The molecular weight excluding hydrogens is 349 g/mol. The number of ketones is 1. The van der Waals surface area contributed by atoms with Crippen LogP contribution in [0.4, 0.5) is 9.52 Å². The zero-order valence-electron chi connectivity index (χ0n) is 13.5. The molecule has 1 aromatic carbocycles. The normalized spacial score (nSPS) is 10.3. The minimum atomic E-state index is -0.574. The van der Waals surface area contributed by atoms with Gasteiger partial charge in [-0.2, -0.15) is 0 Å². The largest absolute Gasteiger partial charge is 0.457 e. The van der Waals surface area contributed by atoms with Crippen molar-refractivity contribution in [1.82, 2.24) is 10.2 Å². The highest BCUT2D eigenvalue weighted by atomic mass is 32.1. The third kappa shape index (κ3) is 6.38. The van der Waals surface area contributed by atoms with Gasteiger partial charge in [-0.15, -0.1) is 10.2 Å². The summed E-state index contributed by atoms with van der Waals surface area (Å²) in [5.74, 6) is -1.71. The Morgan fingerprint density at radius 3 is 2.52 bits per heavy atom. The summed E-state index contributed by atoms with van der Waals surface area (Å²) in [5, 5.41) is 11.3. The lowest BCUT2D eigenvalue weighted by Crippen LogP contribution is -2.15. The standard InChI is InChI=1S/C16H16FN3O4S/c1-10-19-20-16(25-10)18-14(22)3-2-4-15(23)24-9-13(21)11-5-7-12(17)8-6-11/h5-8H,2-4,9H2,1H3,(H,18,20,22). The fourth-order valence-corrected chi connectivity index (χ4v) is 2.47. The van der Waals surface area contributed by atoms with Crippen LogP contribution in [0.2, 0.25) is 0 Å². The first-order valence-corrected chi connectivity index (χ1v) is 8.30. The van der Waals surface area contributed by atoms with Gasteiger partial charge in [-0.25, -0.2) is 4.39 Å². The Morgan fingerprint density at radius 2 is 1.88 bits per heavy atom. The van der Waals surface area contributed by atoms with Crippen LogP contribution in [0.1, 0.15) is 34.6 Å². The summed E-state index contributed by atoms with van der Waals surface area (Å²) in [6.45, 7) is 1.36. The number of aromatic nitrogens is 2. The lowest BCUT2D eigenvalue weighted by atomic mass is 10.1. The summed E-state index contributed by atoms with van der Waals surface area (Å²) in [6, 6.07) is 4.97. The van der Waals surface area contributed by atoms with Gasteiger partial charge in [0.1, 0.15) is 10.8 Å². The van der Waals surface area contributed by atoms with E-state index in [-0.39, 0.29) is 30.7 Å². The molecule has 1 N–H and O–H groups in total. The van der Waals surface area contributed by atoms with Crippen LogP contribution in [0.5, 0.6) is 0 Å². The summed E-state index contributed by atoms with van der Waals surface area (Å²) in [5.41, 5.74) is 0.265. The molecule has 0 spiro atoms. The summed E-state index contributed by atoms with van der Waals surface area (Å²) in [6.07, 6.45) is 0.423. The fraction of sp³-hybridized carbons (Fsp3) is 0.312. The van der Waals surface area contributed by atoms with Gasteiger partial charge in [0.15, 0.2) is 12.4 Å². The molecule has 132 valence electrons. The van der Waals surface area contributed by atoms with E-state index in [0.29, 0.717) is 5.13 Å². The number of amides is 1. The van der Waals surface area contributed by atoms with Crippen LogP contribution in [-0.2, 0) is 14.3 Å². The minimum Gasteiger partial charge on any atom is -0.457 e. The molecule has 0 radical (unpaired) electrons. The van der Waals surface area contributed by atoms with E-state index < -0.39 is 24.2 Å². The monoisotopic (exact) mass is 365 g/mol. The highest BCUT2D eigenvalue weighted by molar-refractivity contribution is 7.15. The first-order chi connectivity index (χ1) is 11.9. The fourth-order valence-electron chi connectivity index (χ4n) is 1.86. The van der Waals surface area contributed by atoms with Crippen molar-refractivity contribution < 1.29 is 23.5 Å². The van der Waals surface area contributed by atoms with Gasteiger partial charge in [0.05, 0.1) is 0 Å². The van der Waals surface area contributed by atoms with Crippen molar-refractivity contribution in [2.75, 3.05) is 11.9 Å². The zero-order chi connectivity index (χ0) is 18.2. The van der Waals surface area contributed by atoms with Crippen LogP contribution in [0.15, 0.2) is 24.3 Å². The number of esters is 1. The lowest BCUT2D eigenvalue weighted by Gasteiger charge is -2.04. The third-order valence-corrected chi connectivity index (χ3v) is 3.84. The Labute approximate surface area is 147 Å². The Morgan fingerprint density at radius 1 is 1.16 bits per heavy atom. The number of carbonyl (C=O) groups is 3. The molecule has 1 heterocycles. The number of hydrogen-bond acceptors (Lipinski definition) is 7. The van der Waals surface area contributed by atoms with E-state index in [1.165, 1.54) is 23.5 Å². The number of hydrogen-bond donors (Lipinski definition) is 1. The molecule has 0 unspecified atom stereocenters. The molecule has 7 nitrogen and oxygen atoms in total. The van der Waals surface area contributed by atoms with E-state index >= 15 is 0 Å². The number of benzene rings is 1. The van der Waals surface area contributed by atoms with Crippen molar-refractivity contribution in [3.63, 3.8) is 0 Å². The van der Waals surface area contributed by atoms with Crippen LogP contribution in [0.25, 0.3) is 0 Å². The van der Waals surface area contributed by atoms with Crippen molar-refractivity contribution in [1.29, 1.82) is 0 Å². The number of aryl methyl sites for hydroxylation is 1. The van der Waals surface area contributed by atoms with E-state index in [2.05, 4.69) is 15.5 Å². The molecule has 0 aliphatic carbocycles. The number of carbonyl (C=O) groups excluding carboxylic acids is 3. The third-order valence-electron chi connectivity index (χ3n) is 3.09. The second-order valence-corrected chi connectivity index (χ2v) is 6.30. The average Bonchev–Trinajstić information content (AvgIpc) is 2.98. The predicted octanol–water partition coefficient (Wildman–Crippen LogP) is 2.52. The van der Waals surface area contributed by atoms with Crippen molar-refractivity contribution in [2.45, 2.75) is 26.2 Å².